The molecule has 2 aliphatic heterocycles. The highest BCUT2D eigenvalue weighted by atomic mass is 19.2. The summed E-state index contributed by atoms with van der Waals surface area (Å²) < 4.78 is 27.5. The van der Waals surface area contributed by atoms with Crippen LogP contribution in [0.15, 0.2) is 42.6 Å². The molecule has 2 N–H and O–H groups in total. The third-order valence-corrected chi connectivity index (χ3v) is 6.89. The number of anilines is 1. The Morgan fingerprint density at radius 3 is 2.25 bits per heavy atom. The van der Waals surface area contributed by atoms with Crippen molar-refractivity contribution in [2.75, 3.05) is 31.1 Å². The normalized spacial score (nSPS) is 24.3. The van der Waals surface area contributed by atoms with E-state index in [1.165, 1.54) is 16.0 Å². The van der Waals surface area contributed by atoms with E-state index in [9.17, 15) is 23.8 Å². The van der Waals surface area contributed by atoms with Crippen molar-refractivity contribution >= 4 is 11.9 Å². The number of hydrogen-bond acceptors (Lipinski definition) is 4. The van der Waals surface area contributed by atoms with Crippen LogP contribution in [0.2, 0.25) is 0 Å². The van der Waals surface area contributed by atoms with Crippen LogP contribution < -0.4 is 4.90 Å². The molecule has 3 atom stereocenters. The fourth-order valence-corrected chi connectivity index (χ4v) is 4.86. The minimum absolute atomic E-state index is 0.0941. The van der Waals surface area contributed by atoms with Gasteiger partial charge in [0.2, 0.25) is 0 Å². The van der Waals surface area contributed by atoms with E-state index < -0.39 is 29.5 Å². The van der Waals surface area contributed by atoms with Gasteiger partial charge in [0.15, 0.2) is 12.3 Å². The zero-order valence-electron chi connectivity index (χ0n) is 18.5. The summed E-state index contributed by atoms with van der Waals surface area (Å²) in [5, 5.41) is 21.6. The molecule has 172 valence electrons. The van der Waals surface area contributed by atoms with Gasteiger partial charge in [-0.25, -0.2) is 18.6 Å². The topological polar surface area (TPSA) is 76.9 Å². The molecule has 2 fully saturated rings. The van der Waals surface area contributed by atoms with Crippen LogP contribution in [0.1, 0.15) is 43.4 Å². The lowest BCUT2D eigenvalue weighted by atomic mass is 9.62. The smallest absolute Gasteiger partial charge is 0.407 e. The Labute approximate surface area is 186 Å². The summed E-state index contributed by atoms with van der Waals surface area (Å²) >= 11 is 0. The van der Waals surface area contributed by atoms with Crippen LogP contribution in [0.5, 0.6) is 0 Å². The highest BCUT2D eigenvalue weighted by Gasteiger charge is 2.57. The van der Waals surface area contributed by atoms with Crippen LogP contribution in [0.25, 0.3) is 0 Å². The van der Waals surface area contributed by atoms with Crippen LogP contribution in [0.3, 0.4) is 0 Å². The van der Waals surface area contributed by atoms with E-state index >= 15 is 0 Å². The molecule has 8 heteroatoms. The number of amides is 1. The van der Waals surface area contributed by atoms with Crippen molar-refractivity contribution in [3.8, 4) is 0 Å². The number of aromatic nitrogens is 1. The molecule has 1 aromatic carbocycles. The van der Waals surface area contributed by atoms with Crippen molar-refractivity contribution in [3.05, 3.63) is 59.3 Å². The Kier molecular flexibility index (Phi) is 5.61. The molecule has 1 aromatic heterocycles. The summed E-state index contributed by atoms with van der Waals surface area (Å²) in [7, 11) is 0. The average molecular weight is 446 g/mol. The number of halogens is 2. The average Bonchev–Trinajstić information content (AvgIpc) is 3.09. The minimum atomic E-state index is -1.57. The first-order valence-corrected chi connectivity index (χ1v) is 10.9. The van der Waals surface area contributed by atoms with Crippen molar-refractivity contribution in [1.82, 2.24) is 9.88 Å². The van der Waals surface area contributed by atoms with E-state index in [0.29, 0.717) is 22.9 Å². The summed E-state index contributed by atoms with van der Waals surface area (Å²) in [6.45, 7) is 6.15. The first-order valence-electron chi connectivity index (χ1n) is 10.9. The van der Waals surface area contributed by atoms with Crippen molar-refractivity contribution in [2.45, 2.75) is 44.6 Å². The van der Waals surface area contributed by atoms with Gasteiger partial charge in [0, 0.05) is 24.7 Å². The van der Waals surface area contributed by atoms with Crippen LogP contribution in [-0.4, -0.2) is 64.7 Å². The Balaban J connectivity index is 1.77. The second kappa shape index (κ2) is 7.99. The number of aliphatic hydroxyl groups is 1. The fourth-order valence-electron chi connectivity index (χ4n) is 4.86. The number of rotatable bonds is 5. The van der Waals surface area contributed by atoms with E-state index in [1.807, 2.05) is 31.2 Å². The lowest BCUT2D eigenvalue weighted by Crippen LogP contribution is -2.66. The Morgan fingerprint density at radius 2 is 1.72 bits per heavy atom. The molecule has 0 saturated carbocycles. The number of hydrogen-bond donors (Lipinski definition) is 2. The highest BCUT2D eigenvalue weighted by Crippen LogP contribution is 2.51. The molecule has 3 heterocycles. The van der Waals surface area contributed by atoms with E-state index in [1.54, 1.807) is 12.1 Å². The maximum atomic E-state index is 13.8. The summed E-state index contributed by atoms with van der Waals surface area (Å²) in [4.78, 5) is 18.5. The quantitative estimate of drug-likeness (QED) is 0.729. The first kappa shape index (κ1) is 22.5. The van der Waals surface area contributed by atoms with Crippen LogP contribution in [-0.2, 0) is 5.60 Å². The number of benzene rings is 1. The van der Waals surface area contributed by atoms with Gasteiger partial charge in [-0.2, -0.15) is 0 Å². The maximum Gasteiger partial charge on any atom is 0.407 e. The molecule has 2 aliphatic rings. The number of pyridine rings is 1. The molecule has 6 nitrogen and oxygen atoms in total. The molecule has 1 amide bonds. The summed E-state index contributed by atoms with van der Waals surface area (Å²) in [6, 6.07) is 11.0. The molecule has 2 saturated heterocycles. The number of carbonyl (C=O) groups is 1. The van der Waals surface area contributed by atoms with Crippen molar-refractivity contribution in [3.63, 3.8) is 0 Å². The van der Waals surface area contributed by atoms with E-state index in [0.717, 1.165) is 5.56 Å². The lowest BCUT2D eigenvalue weighted by molar-refractivity contribution is -0.124. The van der Waals surface area contributed by atoms with Gasteiger partial charge in [-0.3, -0.25) is 0 Å². The second-order valence-electron chi connectivity index (χ2n) is 9.53. The molecule has 2 aromatic rings. The van der Waals surface area contributed by atoms with Gasteiger partial charge < -0.3 is 20.0 Å². The van der Waals surface area contributed by atoms with Gasteiger partial charge in [0.05, 0.1) is 13.1 Å². The zero-order valence-corrected chi connectivity index (χ0v) is 18.5. The molecule has 0 aliphatic carbocycles. The molecule has 0 radical (unpaired) electrons. The van der Waals surface area contributed by atoms with Crippen molar-refractivity contribution in [1.29, 1.82) is 0 Å². The molecule has 0 spiro atoms. The Hall–Kier alpha value is -2.74. The van der Waals surface area contributed by atoms with Gasteiger partial charge >= 0.3 is 6.09 Å². The summed E-state index contributed by atoms with van der Waals surface area (Å²) in [6.07, 6.45) is -2.66. The van der Waals surface area contributed by atoms with E-state index in [-0.39, 0.29) is 26.2 Å². The Bertz CT molecular complexity index is 984. The predicted molar refractivity (Wildman–Crippen MR) is 117 cm³/mol. The SMILES string of the molecule is CC(C)c1ccc([C@](O)(c2ccnc(N3C[C@@H](F)[C@@H](F)C3)c2)C2(C)CN(C(=O)O)C2)cc1. The first-order chi connectivity index (χ1) is 15.0. The van der Waals surface area contributed by atoms with Crippen molar-refractivity contribution < 1.29 is 23.8 Å². The number of alkyl halides is 2. The van der Waals surface area contributed by atoms with Crippen LogP contribution >= 0.6 is 0 Å². The molecular weight excluding hydrogens is 416 g/mol. The minimum Gasteiger partial charge on any atom is -0.465 e. The monoisotopic (exact) mass is 445 g/mol. The molecular formula is C24H29F2N3O3. The van der Waals surface area contributed by atoms with Gasteiger partial charge in [-0.15, -0.1) is 0 Å². The number of likely N-dealkylation sites (tertiary alicyclic amines) is 1. The number of carboxylic acid groups (broad SMARTS) is 1. The molecule has 0 bridgehead atoms. The molecule has 32 heavy (non-hydrogen) atoms. The van der Waals surface area contributed by atoms with E-state index in [4.69, 9.17) is 0 Å². The third kappa shape index (κ3) is 3.60. The molecule has 0 unspecified atom stereocenters. The van der Waals surface area contributed by atoms with Gasteiger partial charge in [0.25, 0.3) is 0 Å². The largest absolute Gasteiger partial charge is 0.465 e. The van der Waals surface area contributed by atoms with Crippen molar-refractivity contribution in [2.24, 2.45) is 5.41 Å². The molecule has 4 rings (SSSR count). The van der Waals surface area contributed by atoms with Gasteiger partial charge in [-0.1, -0.05) is 45.0 Å². The standard InChI is InChI=1S/C24H29F2N3O3/c1-15(2)16-4-6-17(7-5-16)24(32,23(3)13-29(14-23)22(30)31)18-8-9-27-21(10-18)28-11-19(25)20(26)12-28/h4-10,15,19-20,32H,11-14H2,1-3H3,(H,30,31)/t19-,20+,24-/m0/s1. The number of nitrogens with zero attached hydrogens (tertiary/aromatic N) is 3. The lowest BCUT2D eigenvalue weighted by Gasteiger charge is -2.55. The fraction of sp³-hybridized carbons (Fsp3) is 0.500. The second-order valence-corrected chi connectivity index (χ2v) is 9.53. The van der Waals surface area contributed by atoms with Gasteiger partial charge in [-0.05, 0) is 34.7 Å². The Morgan fingerprint density at radius 1 is 1.12 bits per heavy atom. The van der Waals surface area contributed by atoms with Gasteiger partial charge in [0.1, 0.15) is 11.4 Å². The zero-order chi connectivity index (χ0) is 23.3. The predicted octanol–water partition coefficient (Wildman–Crippen LogP) is 3.94. The van der Waals surface area contributed by atoms with Crippen LogP contribution in [0.4, 0.5) is 19.4 Å². The van der Waals surface area contributed by atoms with E-state index in [2.05, 4.69) is 18.8 Å². The van der Waals surface area contributed by atoms with Crippen LogP contribution in [0, 0.1) is 5.41 Å². The maximum absolute atomic E-state index is 13.8. The third-order valence-electron chi connectivity index (χ3n) is 6.89. The summed E-state index contributed by atoms with van der Waals surface area (Å²) in [5.74, 6) is 0.712. The summed E-state index contributed by atoms with van der Waals surface area (Å²) in [5.41, 5.74) is -0.0299. The highest BCUT2D eigenvalue weighted by molar-refractivity contribution is 5.67.